The summed E-state index contributed by atoms with van der Waals surface area (Å²) in [7, 11) is 0. The second kappa shape index (κ2) is 3.61. The van der Waals surface area contributed by atoms with Crippen molar-refractivity contribution in [3.8, 4) is 0 Å². The molecule has 0 unspecified atom stereocenters. The summed E-state index contributed by atoms with van der Waals surface area (Å²) in [5.41, 5.74) is -0.0390. The third-order valence-corrected chi connectivity index (χ3v) is 4.22. The van der Waals surface area contributed by atoms with E-state index >= 15 is 0 Å². The van der Waals surface area contributed by atoms with Crippen molar-refractivity contribution < 1.29 is 9.53 Å². The molecule has 98 valence electrons. The molecular weight excluding hydrogens is 216 g/mol. The minimum atomic E-state index is -0.408. The van der Waals surface area contributed by atoms with Gasteiger partial charge < -0.3 is 15.0 Å². The standard InChI is InChI=1S/C13H24N2O2/c1-11(2,3)17-10(16)15-8-12(4)6-14-7-13(12,5)9-15/h14H,6-9H2,1-5H3/t12-,13-/m1/s1. The number of fused-ring (bicyclic) bond motifs is 1. The smallest absolute Gasteiger partial charge is 0.410 e. The van der Waals surface area contributed by atoms with Gasteiger partial charge in [0.05, 0.1) is 0 Å². The van der Waals surface area contributed by atoms with E-state index in [0.29, 0.717) is 0 Å². The van der Waals surface area contributed by atoms with Crippen molar-refractivity contribution in [3.05, 3.63) is 0 Å². The summed E-state index contributed by atoms with van der Waals surface area (Å²) in [6, 6.07) is 0. The Morgan fingerprint density at radius 2 is 1.65 bits per heavy atom. The van der Waals surface area contributed by atoms with E-state index in [1.54, 1.807) is 0 Å². The molecule has 2 rings (SSSR count). The van der Waals surface area contributed by atoms with Crippen LogP contribution in [0.25, 0.3) is 0 Å². The summed E-state index contributed by atoms with van der Waals surface area (Å²) >= 11 is 0. The van der Waals surface area contributed by atoms with Crippen LogP contribution >= 0.6 is 0 Å². The van der Waals surface area contributed by atoms with Crippen molar-refractivity contribution in [3.63, 3.8) is 0 Å². The Morgan fingerprint density at radius 1 is 1.18 bits per heavy atom. The number of hydrogen-bond acceptors (Lipinski definition) is 3. The number of ether oxygens (including phenoxy) is 1. The molecule has 1 N–H and O–H groups in total. The SMILES string of the molecule is CC(C)(C)OC(=O)N1C[C@@]2(C)CNC[C@]2(C)C1. The zero-order chi connectivity index (χ0) is 12.9. The van der Waals surface area contributed by atoms with Crippen molar-refractivity contribution >= 4 is 6.09 Å². The first-order chi connectivity index (χ1) is 7.65. The Balaban J connectivity index is 2.06. The van der Waals surface area contributed by atoms with E-state index in [9.17, 15) is 4.79 Å². The van der Waals surface area contributed by atoms with E-state index in [2.05, 4.69) is 19.2 Å². The van der Waals surface area contributed by atoms with Crippen LogP contribution in [0.1, 0.15) is 34.6 Å². The molecule has 0 bridgehead atoms. The van der Waals surface area contributed by atoms with E-state index in [1.165, 1.54) is 0 Å². The minimum absolute atomic E-state index is 0.172. The fourth-order valence-electron chi connectivity index (χ4n) is 2.89. The lowest BCUT2D eigenvalue weighted by Crippen LogP contribution is -2.38. The first kappa shape index (κ1) is 12.7. The number of carbonyl (C=O) groups is 1. The number of hydrogen-bond donors (Lipinski definition) is 1. The lowest BCUT2D eigenvalue weighted by Gasteiger charge is -2.30. The highest BCUT2D eigenvalue weighted by molar-refractivity contribution is 5.69. The van der Waals surface area contributed by atoms with Crippen molar-refractivity contribution in [1.82, 2.24) is 10.2 Å². The van der Waals surface area contributed by atoms with Crippen molar-refractivity contribution in [2.24, 2.45) is 10.8 Å². The zero-order valence-electron chi connectivity index (χ0n) is 11.6. The molecule has 0 aromatic carbocycles. The second-order valence-electron chi connectivity index (χ2n) is 7.06. The average molecular weight is 240 g/mol. The van der Waals surface area contributed by atoms with Gasteiger partial charge in [-0.15, -0.1) is 0 Å². The van der Waals surface area contributed by atoms with Crippen molar-refractivity contribution in [2.45, 2.75) is 40.2 Å². The molecule has 2 aliphatic heterocycles. The van der Waals surface area contributed by atoms with Gasteiger partial charge in [-0.1, -0.05) is 13.8 Å². The van der Waals surface area contributed by atoms with E-state index in [1.807, 2.05) is 25.7 Å². The summed E-state index contributed by atoms with van der Waals surface area (Å²) in [5, 5.41) is 3.43. The van der Waals surface area contributed by atoms with Crippen LogP contribution in [0.5, 0.6) is 0 Å². The Labute approximate surface area is 104 Å². The largest absolute Gasteiger partial charge is 0.444 e. The predicted octanol–water partition coefficient (Wildman–Crippen LogP) is 1.85. The molecular formula is C13H24N2O2. The lowest BCUT2D eigenvalue weighted by molar-refractivity contribution is 0.0268. The summed E-state index contributed by atoms with van der Waals surface area (Å²) in [5.74, 6) is 0. The van der Waals surface area contributed by atoms with Crippen LogP contribution in [0.15, 0.2) is 0 Å². The molecule has 0 spiro atoms. The lowest BCUT2D eigenvalue weighted by atomic mass is 9.71. The second-order valence-corrected chi connectivity index (χ2v) is 7.06. The van der Waals surface area contributed by atoms with Gasteiger partial charge in [-0.2, -0.15) is 0 Å². The normalized spacial score (nSPS) is 37.1. The zero-order valence-corrected chi connectivity index (χ0v) is 11.6. The Kier molecular flexibility index (Phi) is 2.69. The number of likely N-dealkylation sites (tertiary alicyclic amines) is 1. The highest BCUT2D eigenvalue weighted by Gasteiger charge is 2.56. The molecule has 0 saturated carbocycles. The third-order valence-electron chi connectivity index (χ3n) is 4.22. The predicted molar refractivity (Wildman–Crippen MR) is 66.9 cm³/mol. The maximum Gasteiger partial charge on any atom is 0.410 e. The van der Waals surface area contributed by atoms with E-state index in [0.717, 1.165) is 26.2 Å². The number of carbonyl (C=O) groups excluding carboxylic acids is 1. The first-order valence-electron chi connectivity index (χ1n) is 6.34. The minimum Gasteiger partial charge on any atom is -0.444 e. The number of amides is 1. The topological polar surface area (TPSA) is 41.6 Å². The Hall–Kier alpha value is -0.770. The van der Waals surface area contributed by atoms with Gasteiger partial charge in [-0.3, -0.25) is 0 Å². The van der Waals surface area contributed by atoms with Gasteiger partial charge >= 0.3 is 6.09 Å². The summed E-state index contributed by atoms with van der Waals surface area (Å²) in [6.45, 7) is 13.8. The van der Waals surface area contributed by atoms with Gasteiger partial charge in [0.15, 0.2) is 0 Å². The monoisotopic (exact) mass is 240 g/mol. The van der Waals surface area contributed by atoms with Crippen LogP contribution in [0, 0.1) is 10.8 Å². The van der Waals surface area contributed by atoms with E-state index < -0.39 is 5.60 Å². The third kappa shape index (κ3) is 2.15. The molecule has 2 atom stereocenters. The molecule has 2 heterocycles. The van der Waals surface area contributed by atoms with Crippen LogP contribution in [0.2, 0.25) is 0 Å². The summed E-state index contributed by atoms with van der Waals surface area (Å²) in [6.07, 6.45) is -0.172. The highest BCUT2D eigenvalue weighted by Crippen LogP contribution is 2.48. The highest BCUT2D eigenvalue weighted by atomic mass is 16.6. The molecule has 0 aromatic heterocycles. The van der Waals surface area contributed by atoms with Crippen LogP contribution in [-0.4, -0.2) is 42.8 Å². The fourth-order valence-corrected chi connectivity index (χ4v) is 2.89. The van der Waals surface area contributed by atoms with Gasteiger partial charge in [0.1, 0.15) is 5.60 Å². The van der Waals surface area contributed by atoms with Crippen LogP contribution in [0.3, 0.4) is 0 Å². The molecule has 2 fully saturated rings. The number of rotatable bonds is 0. The van der Waals surface area contributed by atoms with Gasteiger partial charge in [-0.25, -0.2) is 4.79 Å². The molecule has 4 nitrogen and oxygen atoms in total. The van der Waals surface area contributed by atoms with E-state index in [-0.39, 0.29) is 16.9 Å². The van der Waals surface area contributed by atoms with Gasteiger partial charge in [-0.05, 0) is 20.8 Å². The summed E-state index contributed by atoms with van der Waals surface area (Å²) < 4.78 is 5.44. The molecule has 1 amide bonds. The molecule has 2 saturated heterocycles. The van der Waals surface area contributed by atoms with Crippen LogP contribution in [-0.2, 0) is 4.74 Å². The molecule has 17 heavy (non-hydrogen) atoms. The van der Waals surface area contributed by atoms with Gasteiger partial charge in [0, 0.05) is 37.0 Å². The van der Waals surface area contributed by atoms with Gasteiger partial charge in [0.25, 0.3) is 0 Å². The quantitative estimate of drug-likeness (QED) is 0.702. The van der Waals surface area contributed by atoms with Crippen molar-refractivity contribution in [2.75, 3.05) is 26.2 Å². The average Bonchev–Trinajstić information content (AvgIpc) is 2.50. The number of nitrogens with zero attached hydrogens (tertiary/aromatic N) is 1. The Morgan fingerprint density at radius 3 is 2.06 bits per heavy atom. The van der Waals surface area contributed by atoms with E-state index in [4.69, 9.17) is 4.74 Å². The van der Waals surface area contributed by atoms with Crippen LogP contribution < -0.4 is 5.32 Å². The molecule has 0 radical (unpaired) electrons. The van der Waals surface area contributed by atoms with Crippen LogP contribution in [0.4, 0.5) is 4.79 Å². The van der Waals surface area contributed by atoms with Gasteiger partial charge in [0.2, 0.25) is 0 Å². The summed E-state index contributed by atoms with van der Waals surface area (Å²) in [4.78, 5) is 13.9. The molecule has 4 heteroatoms. The number of nitrogens with one attached hydrogen (secondary N) is 1. The maximum absolute atomic E-state index is 12.1. The molecule has 0 aromatic rings. The molecule has 0 aliphatic carbocycles. The maximum atomic E-state index is 12.1. The fraction of sp³-hybridized carbons (Fsp3) is 0.923. The first-order valence-corrected chi connectivity index (χ1v) is 6.34. The molecule has 2 aliphatic rings. The Bertz CT molecular complexity index is 319. The van der Waals surface area contributed by atoms with Crippen molar-refractivity contribution in [1.29, 1.82) is 0 Å².